The number of carbonyl (C=O) groups is 1. The van der Waals surface area contributed by atoms with Crippen molar-refractivity contribution in [3.05, 3.63) is 63.5 Å². The van der Waals surface area contributed by atoms with Crippen LogP contribution >= 0.6 is 15.9 Å². The van der Waals surface area contributed by atoms with E-state index in [-0.39, 0.29) is 34.6 Å². The van der Waals surface area contributed by atoms with Gasteiger partial charge in [-0.3, -0.25) is 5.10 Å². The van der Waals surface area contributed by atoms with Crippen LogP contribution in [0, 0.1) is 11.3 Å². The van der Waals surface area contributed by atoms with Gasteiger partial charge in [0.1, 0.15) is 11.6 Å². The first-order valence-electron chi connectivity index (χ1n) is 11.7. The third kappa shape index (κ3) is 4.62. The Morgan fingerprint density at radius 1 is 1.18 bits per heavy atom. The number of ether oxygens (including phenoxy) is 5. The number of morpholine rings is 1. The summed E-state index contributed by atoms with van der Waals surface area (Å²) < 4.78 is 28.9. The topological polar surface area (TPSA) is 145 Å². The summed E-state index contributed by atoms with van der Waals surface area (Å²) in [6, 6.07) is 13.2. The fraction of sp³-hybridized carbons (Fsp3) is 0.269. The molecule has 1 atom stereocenters. The number of hydrogen-bond donors (Lipinski definition) is 2. The van der Waals surface area contributed by atoms with Gasteiger partial charge in [0.05, 0.1) is 44.6 Å². The van der Waals surface area contributed by atoms with Gasteiger partial charge in [-0.05, 0) is 29.8 Å². The van der Waals surface area contributed by atoms with Crippen LogP contribution < -0.4 is 24.7 Å². The summed E-state index contributed by atoms with van der Waals surface area (Å²) in [5.74, 6) is 0.146. The Balaban J connectivity index is 1.61. The molecule has 1 amide bonds. The highest BCUT2D eigenvalue weighted by Crippen LogP contribution is 2.49. The van der Waals surface area contributed by atoms with Gasteiger partial charge >= 0.3 is 6.09 Å². The molecule has 3 aromatic rings. The zero-order valence-corrected chi connectivity index (χ0v) is 22.2. The van der Waals surface area contributed by atoms with Crippen LogP contribution in [-0.4, -0.2) is 61.7 Å². The molecule has 1 fully saturated rings. The summed E-state index contributed by atoms with van der Waals surface area (Å²) in [6.45, 7) is 1.71. The molecule has 0 aliphatic carbocycles. The number of H-pyrrole nitrogens is 1. The van der Waals surface area contributed by atoms with Crippen molar-refractivity contribution in [2.75, 3.05) is 40.5 Å². The molecule has 0 unspecified atom stereocenters. The highest BCUT2D eigenvalue weighted by Gasteiger charge is 2.37. The maximum Gasteiger partial charge on any atom is 0.415 e. The monoisotopic (exact) mass is 581 g/mol. The molecule has 0 radical (unpaired) electrons. The molecule has 0 spiro atoms. The van der Waals surface area contributed by atoms with Crippen LogP contribution in [0.15, 0.2) is 52.3 Å². The maximum absolute atomic E-state index is 12.8. The van der Waals surface area contributed by atoms with E-state index in [1.54, 1.807) is 17.0 Å². The zero-order chi connectivity index (χ0) is 26.8. The van der Waals surface area contributed by atoms with Gasteiger partial charge in [0.15, 0.2) is 11.5 Å². The normalized spacial score (nSPS) is 16.8. The Kier molecular flexibility index (Phi) is 7.13. The van der Waals surface area contributed by atoms with Gasteiger partial charge in [-0.2, -0.15) is 5.26 Å². The van der Waals surface area contributed by atoms with E-state index in [0.717, 1.165) is 10.0 Å². The molecule has 1 aromatic heterocycles. The van der Waals surface area contributed by atoms with Crippen molar-refractivity contribution in [1.29, 1.82) is 5.26 Å². The smallest absolute Gasteiger partial charge is 0.415 e. The first-order valence-corrected chi connectivity index (χ1v) is 12.5. The largest absolute Gasteiger partial charge is 0.493 e. The van der Waals surface area contributed by atoms with Gasteiger partial charge in [-0.15, -0.1) is 5.10 Å². The summed E-state index contributed by atoms with van der Waals surface area (Å²) in [4.78, 5) is 14.4. The van der Waals surface area contributed by atoms with Crippen LogP contribution in [0.25, 0.3) is 11.3 Å². The number of carbonyl (C=O) groups excluding carboxylic acids is 1. The molecule has 3 heterocycles. The number of halogens is 1. The molecule has 0 saturated carbocycles. The molecule has 12 heteroatoms. The Morgan fingerprint density at radius 2 is 1.84 bits per heavy atom. The molecular weight excluding hydrogens is 558 g/mol. The lowest BCUT2D eigenvalue weighted by molar-refractivity contribution is 0.0411. The molecule has 2 aromatic carbocycles. The van der Waals surface area contributed by atoms with Crippen LogP contribution in [0.3, 0.4) is 0 Å². The quantitative estimate of drug-likeness (QED) is 0.458. The molecule has 2 aliphatic heterocycles. The highest BCUT2D eigenvalue weighted by atomic mass is 79.9. The number of nitrogens with two attached hydrogens (primary N) is 1. The summed E-state index contributed by atoms with van der Waals surface area (Å²) in [5, 5.41) is 17.4. The van der Waals surface area contributed by atoms with Gasteiger partial charge in [0.25, 0.3) is 0 Å². The summed E-state index contributed by atoms with van der Waals surface area (Å²) in [7, 11) is 2.92. The second-order valence-corrected chi connectivity index (χ2v) is 9.39. The van der Waals surface area contributed by atoms with E-state index in [1.807, 2.05) is 24.3 Å². The fourth-order valence-electron chi connectivity index (χ4n) is 4.48. The van der Waals surface area contributed by atoms with Gasteiger partial charge < -0.3 is 34.3 Å². The average Bonchev–Trinajstić information content (AvgIpc) is 3.36. The number of fused-ring (bicyclic) bond motifs is 1. The van der Waals surface area contributed by atoms with Gasteiger partial charge in [-0.1, -0.05) is 28.1 Å². The van der Waals surface area contributed by atoms with Gasteiger partial charge in [-0.25, -0.2) is 4.79 Å². The van der Waals surface area contributed by atoms with Crippen LogP contribution in [0.2, 0.25) is 0 Å². The number of benzene rings is 2. The Morgan fingerprint density at radius 3 is 2.45 bits per heavy atom. The van der Waals surface area contributed by atoms with E-state index in [4.69, 9.17) is 29.4 Å². The van der Waals surface area contributed by atoms with Crippen LogP contribution in [-0.2, 0) is 4.74 Å². The summed E-state index contributed by atoms with van der Waals surface area (Å²) in [6.07, 6.45) is -0.541. The van der Waals surface area contributed by atoms with E-state index in [1.165, 1.54) is 14.2 Å². The van der Waals surface area contributed by atoms with Crippen molar-refractivity contribution in [2.45, 2.75) is 5.92 Å². The zero-order valence-electron chi connectivity index (χ0n) is 20.6. The number of amides is 1. The van der Waals surface area contributed by atoms with Gasteiger partial charge in [0, 0.05) is 23.1 Å². The maximum atomic E-state index is 12.8. The number of methoxy groups -OCH3 is 2. The SMILES string of the molecule is COc1cc([C@H]2C(C#N)=C(N)Oc3n[nH]c(-c4ccc(Br)cc4)c32)cc(OC)c1OC(=O)N1CCOCC1. The number of nitriles is 1. The second-order valence-electron chi connectivity index (χ2n) is 8.47. The summed E-state index contributed by atoms with van der Waals surface area (Å²) >= 11 is 3.45. The average molecular weight is 582 g/mol. The number of aromatic amines is 1. The summed E-state index contributed by atoms with van der Waals surface area (Å²) in [5.41, 5.74) is 9.07. The van der Waals surface area contributed by atoms with Gasteiger partial charge in [0.2, 0.25) is 17.5 Å². The third-order valence-corrected chi connectivity index (χ3v) is 6.88. The van der Waals surface area contributed by atoms with Crippen molar-refractivity contribution in [2.24, 2.45) is 5.73 Å². The molecular formula is C26H24BrN5O6. The van der Waals surface area contributed by atoms with E-state index >= 15 is 0 Å². The molecule has 3 N–H and O–H groups in total. The van der Waals surface area contributed by atoms with Crippen molar-refractivity contribution >= 4 is 22.0 Å². The first-order chi connectivity index (χ1) is 18.4. The lowest BCUT2D eigenvalue weighted by atomic mass is 9.82. The van der Waals surface area contributed by atoms with E-state index in [9.17, 15) is 10.1 Å². The predicted molar refractivity (Wildman–Crippen MR) is 139 cm³/mol. The van der Waals surface area contributed by atoms with Crippen molar-refractivity contribution in [3.8, 4) is 40.5 Å². The van der Waals surface area contributed by atoms with E-state index in [2.05, 4.69) is 32.2 Å². The lowest BCUT2D eigenvalue weighted by Gasteiger charge is -2.27. The van der Waals surface area contributed by atoms with Crippen LogP contribution in [0.4, 0.5) is 4.79 Å². The van der Waals surface area contributed by atoms with E-state index < -0.39 is 12.0 Å². The van der Waals surface area contributed by atoms with E-state index in [0.29, 0.717) is 43.1 Å². The number of rotatable bonds is 5. The standard InChI is InChI=1S/C26H24BrN5O6/c1-34-18-11-15(12-19(35-2)23(18)37-26(33)32-7-9-36-10-8-32)20-17(13-28)24(29)38-25-21(20)22(30-31-25)14-3-5-16(27)6-4-14/h3-6,11-12,20H,7-10,29H2,1-2H3,(H,30,31)/t20-/m0/s1. The van der Waals surface area contributed by atoms with Crippen molar-refractivity contribution in [1.82, 2.24) is 15.1 Å². The predicted octanol–water partition coefficient (Wildman–Crippen LogP) is 3.91. The Hall–Kier alpha value is -4.21. The second kappa shape index (κ2) is 10.6. The van der Waals surface area contributed by atoms with Crippen LogP contribution in [0.5, 0.6) is 23.1 Å². The number of nitrogens with zero attached hydrogens (tertiary/aromatic N) is 3. The molecule has 38 heavy (non-hydrogen) atoms. The number of nitrogens with one attached hydrogen (secondary N) is 1. The fourth-order valence-corrected chi connectivity index (χ4v) is 4.74. The minimum atomic E-state index is -0.673. The molecule has 2 aliphatic rings. The van der Waals surface area contributed by atoms with Crippen LogP contribution in [0.1, 0.15) is 17.0 Å². The lowest BCUT2D eigenvalue weighted by Crippen LogP contribution is -2.42. The molecule has 0 bridgehead atoms. The van der Waals surface area contributed by atoms with Crippen molar-refractivity contribution in [3.63, 3.8) is 0 Å². The minimum absolute atomic E-state index is 0.0559. The highest BCUT2D eigenvalue weighted by molar-refractivity contribution is 9.10. The molecule has 196 valence electrons. The number of aromatic nitrogens is 2. The minimum Gasteiger partial charge on any atom is -0.493 e. The molecule has 1 saturated heterocycles. The Bertz CT molecular complexity index is 1410. The molecule has 11 nitrogen and oxygen atoms in total. The third-order valence-electron chi connectivity index (χ3n) is 6.35. The number of hydrogen-bond acceptors (Lipinski definition) is 9. The first kappa shape index (κ1) is 25.4. The van der Waals surface area contributed by atoms with Crippen molar-refractivity contribution < 1.29 is 28.5 Å². The number of allylic oxidation sites excluding steroid dienone is 1. The molecule has 5 rings (SSSR count). The Labute approximate surface area is 226 Å².